The fourth-order valence-corrected chi connectivity index (χ4v) is 5.01. The molecule has 5 rings (SSSR count). The molecule has 1 aromatic carbocycles. The zero-order chi connectivity index (χ0) is 24.1. The standard InChI is InChI=1S/C24H25F3N6O/c1-15(16-5-3-2-4-6-16)30-22(34)32-9-7-23(14-32)8-10-33-20(23)12-19(31-33)17-11-18(24(25,26)27)21(28)29-13-17/h2-6,11-13,15H,7-10,14H2,1H3,(H2,28,29)(H,30,34)/t15-,23?/m0/s1. The fourth-order valence-electron chi connectivity index (χ4n) is 5.01. The molecule has 1 unspecified atom stereocenters. The maximum atomic E-state index is 13.3. The van der Waals surface area contributed by atoms with Crippen molar-refractivity contribution in [1.29, 1.82) is 0 Å². The first-order chi connectivity index (χ1) is 16.2. The van der Waals surface area contributed by atoms with Gasteiger partial charge in [-0.3, -0.25) is 4.68 Å². The second-order valence-corrected chi connectivity index (χ2v) is 9.08. The van der Waals surface area contributed by atoms with Gasteiger partial charge in [0.15, 0.2) is 0 Å². The van der Waals surface area contributed by atoms with Gasteiger partial charge in [0.2, 0.25) is 0 Å². The van der Waals surface area contributed by atoms with Gasteiger partial charge in [-0.2, -0.15) is 18.3 Å². The van der Waals surface area contributed by atoms with Crippen molar-refractivity contribution in [3.63, 3.8) is 0 Å². The molecule has 2 aromatic heterocycles. The predicted molar refractivity (Wildman–Crippen MR) is 121 cm³/mol. The molecule has 2 aliphatic rings. The lowest BCUT2D eigenvalue weighted by molar-refractivity contribution is -0.137. The monoisotopic (exact) mass is 470 g/mol. The first kappa shape index (κ1) is 22.2. The van der Waals surface area contributed by atoms with Crippen LogP contribution in [-0.2, 0) is 18.1 Å². The van der Waals surface area contributed by atoms with Crippen molar-refractivity contribution in [1.82, 2.24) is 25.0 Å². The molecule has 1 spiro atoms. The number of hydrogen-bond donors (Lipinski definition) is 2. The summed E-state index contributed by atoms with van der Waals surface area (Å²) in [5.41, 5.74) is 6.88. The number of fused-ring (bicyclic) bond motifs is 2. The molecule has 2 atom stereocenters. The molecule has 178 valence electrons. The summed E-state index contributed by atoms with van der Waals surface area (Å²) >= 11 is 0. The fraction of sp³-hybridized carbons (Fsp3) is 0.375. The highest BCUT2D eigenvalue weighted by Gasteiger charge is 2.47. The van der Waals surface area contributed by atoms with Crippen molar-refractivity contribution >= 4 is 11.8 Å². The van der Waals surface area contributed by atoms with Crippen molar-refractivity contribution < 1.29 is 18.0 Å². The number of rotatable bonds is 3. The van der Waals surface area contributed by atoms with Gasteiger partial charge < -0.3 is 16.0 Å². The molecule has 7 nitrogen and oxygen atoms in total. The average Bonchev–Trinajstić information content (AvgIpc) is 3.51. The number of nitrogens with zero attached hydrogens (tertiary/aromatic N) is 4. The van der Waals surface area contributed by atoms with Crippen LogP contribution in [0.15, 0.2) is 48.7 Å². The number of likely N-dealkylation sites (tertiary alicyclic amines) is 1. The lowest BCUT2D eigenvalue weighted by Gasteiger charge is -2.25. The third-order valence-corrected chi connectivity index (χ3v) is 6.93. The molecular weight excluding hydrogens is 445 g/mol. The molecule has 4 heterocycles. The van der Waals surface area contributed by atoms with Crippen LogP contribution in [0, 0.1) is 0 Å². The SMILES string of the molecule is C[C@H](NC(=O)N1CCC2(CCn3nc(-c4cnc(N)c(C(F)(F)F)c4)cc32)C1)c1ccccc1. The second-order valence-electron chi connectivity index (χ2n) is 9.08. The Labute approximate surface area is 194 Å². The molecule has 0 bridgehead atoms. The Kier molecular flexibility index (Phi) is 5.26. The van der Waals surface area contributed by atoms with E-state index in [0.717, 1.165) is 30.2 Å². The van der Waals surface area contributed by atoms with Crippen LogP contribution in [0.4, 0.5) is 23.8 Å². The van der Waals surface area contributed by atoms with E-state index in [1.54, 1.807) is 0 Å². The van der Waals surface area contributed by atoms with Gasteiger partial charge in [-0.15, -0.1) is 0 Å². The van der Waals surface area contributed by atoms with E-state index >= 15 is 0 Å². The number of halogens is 3. The molecule has 1 fully saturated rings. The van der Waals surface area contributed by atoms with E-state index in [-0.39, 0.29) is 23.1 Å². The van der Waals surface area contributed by atoms with Gasteiger partial charge in [0.05, 0.1) is 17.3 Å². The third-order valence-electron chi connectivity index (χ3n) is 6.93. The number of nitrogens with two attached hydrogens (primary N) is 1. The summed E-state index contributed by atoms with van der Waals surface area (Å²) < 4.78 is 41.7. The van der Waals surface area contributed by atoms with E-state index in [4.69, 9.17) is 5.73 Å². The number of aryl methyl sites for hydroxylation is 1. The lowest BCUT2D eigenvalue weighted by atomic mass is 9.82. The Morgan fingerprint density at radius 1 is 1.18 bits per heavy atom. The van der Waals surface area contributed by atoms with E-state index in [2.05, 4.69) is 15.4 Å². The largest absolute Gasteiger partial charge is 0.419 e. The molecular formula is C24H25F3N6O. The van der Waals surface area contributed by atoms with Crippen LogP contribution in [0.3, 0.4) is 0 Å². The maximum Gasteiger partial charge on any atom is 0.419 e. The molecule has 2 aliphatic heterocycles. The first-order valence-electron chi connectivity index (χ1n) is 11.2. The summed E-state index contributed by atoms with van der Waals surface area (Å²) in [6, 6.07) is 12.3. The van der Waals surface area contributed by atoms with Crippen molar-refractivity contribution in [2.24, 2.45) is 0 Å². The minimum absolute atomic E-state index is 0.119. The molecule has 0 aliphatic carbocycles. The van der Waals surface area contributed by atoms with Gasteiger partial charge in [0, 0.05) is 42.5 Å². The van der Waals surface area contributed by atoms with Crippen molar-refractivity contribution in [3.8, 4) is 11.3 Å². The number of carbonyl (C=O) groups excluding carboxylic acids is 1. The molecule has 0 radical (unpaired) electrons. The molecule has 10 heteroatoms. The lowest BCUT2D eigenvalue weighted by Crippen LogP contribution is -2.41. The molecule has 3 N–H and O–H groups in total. The van der Waals surface area contributed by atoms with Crippen LogP contribution in [0.5, 0.6) is 0 Å². The minimum atomic E-state index is -4.59. The van der Waals surface area contributed by atoms with Crippen LogP contribution >= 0.6 is 0 Å². The van der Waals surface area contributed by atoms with Gasteiger partial charge in [-0.05, 0) is 37.5 Å². The molecule has 0 saturated carbocycles. The summed E-state index contributed by atoms with van der Waals surface area (Å²) in [6.45, 7) is 3.75. The highest BCUT2D eigenvalue weighted by atomic mass is 19.4. The number of hydrogen-bond acceptors (Lipinski definition) is 4. The number of pyridine rings is 1. The number of benzene rings is 1. The summed E-state index contributed by atoms with van der Waals surface area (Å²) in [6.07, 6.45) is -1.66. The van der Waals surface area contributed by atoms with E-state index in [0.29, 0.717) is 25.3 Å². The maximum absolute atomic E-state index is 13.3. The summed E-state index contributed by atoms with van der Waals surface area (Å²) in [4.78, 5) is 18.5. The highest BCUT2D eigenvalue weighted by molar-refractivity contribution is 5.75. The Morgan fingerprint density at radius 2 is 1.91 bits per heavy atom. The smallest absolute Gasteiger partial charge is 0.383 e. The van der Waals surface area contributed by atoms with Crippen LogP contribution in [0.1, 0.15) is 42.6 Å². The molecule has 1 saturated heterocycles. The second kappa shape index (κ2) is 8.03. The van der Waals surface area contributed by atoms with Gasteiger partial charge in [0.25, 0.3) is 0 Å². The van der Waals surface area contributed by atoms with Gasteiger partial charge in [0.1, 0.15) is 5.82 Å². The molecule has 3 aromatic rings. The van der Waals surface area contributed by atoms with E-state index < -0.39 is 17.6 Å². The number of carbonyl (C=O) groups is 1. The Morgan fingerprint density at radius 3 is 2.65 bits per heavy atom. The van der Waals surface area contributed by atoms with E-state index in [9.17, 15) is 18.0 Å². The first-order valence-corrected chi connectivity index (χ1v) is 11.2. The normalized spacial score (nSPS) is 20.5. The summed E-state index contributed by atoms with van der Waals surface area (Å²) in [5, 5.41) is 7.60. The molecule has 2 amide bonds. The third kappa shape index (κ3) is 3.86. The predicted octanol–water partition coefficient (Wildman–Crippen LogP) is 4.36. The average molecular weight is 470 g/mol. The van der Waals surface area contributed by atoms with Crippen molar-refractivity contribution in [2.75, 3.05) is 18.8 Å². The zero-order valence-electron chi connectivity index (χ0n) is 18.6. The van der Waals surface area contributed by atoms with E-state index in [1.807, 2.05) is 52.9 Å². The Hall–Kier alpha value is -3.56. The summed E-state index contributed by atoms with van der Waals surface area (Å²) in [7, 11) is 0. The Bertz CT molecular complexity index is 1230. The number of amides is 2. The van der Waals surface area contributed by atoms with Crippen LogP contribution in [0.25, 0.3) is 11.3 Å². The topological polar surface area (TPSA) is 89.1 Å². The minimum Gasteiger partial charge on any atom is -0.383 e. The zero-order valence-corrected chi connectivity index (χ0v) is 18.6. The number of anilines is 1. The van der Waals surface area contributed by atoms with Crippen LogP contribution in [0.2, 0.25) is 0 Å². The highest BCUT2D eigenvalue weighted by Crippen LogP contribution is 2.44. The number of aromatic nitrogens is 3. The number of alkyl halides is 3. The van der Waals surface area contributed by atoms with Crippen LogP contribution < -0.4 is 11.1 Å². The quantitative estimate of drug-likeness (QED) is 0.595. The summed E-state index contributed by atoms with van der Waals surface area (Å²) in [5.74, 6) is -0.554. The van der Waals surface area contributed by atoms with Crippen molar-refractivity contribution in [2.45, 2.75) is 43.9 Å². The van der Waals surface area contributed by atoms with E-state index in [1.165, 1.54) is 6.20 Å². The van der Waals surface area contributed by atoms with Gasteiger partial charge in [-0.1, -0.05) is 30.3 Å². The number of nitrogens with one attached hydrogen (secondary N) is 1. The molecule has 34 heavy (non-hydrogen) atoms. The number of urea groups is 1. The van der Waals surface area contributed by atoms with Crippen molar-refractivity contribution in [3.05, 3.63) is 65.5 Å². The van der Waals surface area contributed by atoms with Gasteiger partial charge in [-0.25, -0.2) is 9.78 Å². The van der Waals surface area contributed by atoms with Crippen LogP contribution in [-0.4, -0.2) is 38.8 Å². The Balaban J connectivity index is 1.34. The number of nitrogen functional groups attached to an aromatic ring is 1. The van der Waals surface area contributed by atoms with Gasteiger partial charge >= 0.3 is 12.2 Å².